The van der Waals surface area contributed by atoms with E-state index in [0.29, 0.717) is 0 Å². The van der Waals surface area contributed by atoms with Gasteiger partial charge in [0, 0.05) is 60.5 Å². The average Bonchev–Trinajstić information content (AvgIpc) is 3.67. The van der Waals surface area contributed by atoms with Crippen LogP contribution in [0.2, 0.25) is 0 Å². The summed E-state index contributed by atoms with van der Waals surface area (Å²) in [6, 6.07) is 69.9. The Labute approximate surface area is 330 Å². The van der Waals surface area contributed by atoms with Crippen LogP contribution in [0.5, 0.6) is 0 Å². The maximum Gasteiger partial charge on any atom is 0.0544 e. The van der Waals surface area contributed by atoms with E-state index < -0.39 is 0 Å². The van der Waals surface area contributed by atoms with Gasteiger partial charge >= 0.3 is 0 Å². The molecule has 4 heteroatoms. The zero-order valence-electron chi connectivity index (χ0n) is 30.7. The van der Waals surface area contributed by atoms with E-state index in [-0.39, 0.29) is 5.41 Å². The van der Waals surface area contributed by atoms with E-state index in [9.17, 15) is 0 Å². The smallest absolute Gasteiger partial charge is 0.0544 e. The number of hydrogen-bond acceptors (Lipinski definition) is 2. The van der Waals surface area contributed by atoms with E-state index >= 15 is 0 Å². The van der Waals surface area contributed by atoms with Crippen LogP contribution < -0.4 is 9.80 Å². The minimum atomic E-state index is -0.254. The van der Waals surface area contributed by atoms with Crippen molar-refractivity contribution in [2.24, 2.45) is 0 Å². The highest BCUT2D eigenvalue weighted by atomic mass is 79.9. The zero-order chi connectivity index (χ0) is 37.1. The molecule has 0 fully saturated rings. The quantitative estimate of drug-likeness (QED) is 0.160. The maximum atomic E-state index is 3.81. The molecule has 55 heavy (non-hydrogen) atoms. The van der Waals surface area contributed by atoms with Gasteiger partial charge in [0.2, 0.25) is 0 Å². The van der Waals surface area contributed by atoms with Gasteiger partial charge in [-0.25, -0.2) is 0 Å². The molecule has 0 saturated heterocycles. The molecule has 1 aromatic heterocycles. The summed E-state index contributed by atoms with van der Waals surface area (Å²) >= 11 is 3.81. The first-order chi connectivity index (χ1) is 27.0. The molecule has 1 heterocycles. The van der Waals surface area contributed by atoms with Crippen molar-refractivity contribution in [1.82, 2.24) is 4.57 Å². The number of para-hydroxylation sites is 4. The van der Waals surface area contributed by atoms with Gasteiger partial charge in [-0.15, -0.1) is 0 Å². The zero-order valence-corrected chi connectivity index (χ0v) is 32.3. The van der Waals surface area contributed by atoms with Crippen molar-refractivity contribution in [2.75, 3.05) is 9.80 Å². The monoisotopic (exact) mass is 771 g/mol. The molecule has 0 atom stereocenters. The van der Waals surface area contributed by atoms with Crippen molar-refractivity contribution in [3.8, 4) is 16.8 Å². The SMILES string of the molecule is CC1(C)c2cc(N(c3ccccc3)c3ccc(N(c4ccccc4)c4ccccc4)cc3)ccc2-c2ccc3c(c21)c1cc(Br)ccc1n3-c1ccccc1. The summed E-state index contributed by atoms with van der Waals surface area (Å²) in [5.41, 5.74) is 15.4. The van der Waals surface area contributed by atoms with Gasteiger partial charge in [-0.05, 0) is 131 Å². The molecule has 0 amide bonds. The number of halogens is 1. The van der Waals surface area contributed by atoms with E-state index in [1.54, 1.807) is 0 Å². The van der Waals surface area contributed by atoms with E-state index in [4.69, 9.17) is 0 Å². The van der Waals surface area contributed by atoms with Crippen LogP contribution in [0.4, 0.5) is 34.1 Å². The number of rotatable bonds is 7. The van der Waals surface area contributed by atoms with Crippen molar-refractivity contribution in [3.05, 3.63) is 210 Å². The van der Waals surface area contributed by atoms with Crippen LogP contribution in [0.3, 0.4) is 0 Å². The molecule has 1 aliphatic rings. The van der Waals surface area contributed by atoms with Crippen LogP contribution in [0.1, 0.15) is 25.0 Å². The molecule has 10 rings (SSSR count). The fraction of sp³-hybridized carbons (Fsp3) is 0.0588. The normalized spacial score (nSPS) is 12.8. The summed E-state index contributed by atoms with van der Waals surface area (Å²) in [4.78, 5) is 4.69. The van der Waals surface area contributed by atoms with Gasteiger partial charge in [-0.3, -0.25) is 0 Å². The van der Waals surface area contributed by atoms with Crippen molar-refractivity contribution >= 4 is 71.9 Å². The molecule has 0 bridgehead atoms. The lowest BCUT2D eigenvalue weighted by molar-refractivity contribution is 0.666. The van der Waals surface area contributed by atoms with Crippen molar-refractivity contribution in [1.29, 1.82) is 0 Å². The number of aromatic nitrogens is 1. The molecule has 8 aromatic carbocycles. The lowest BCUT2D eigenvalue weighted by Crippen LogP contribution is -2.17. The Kier molecular flexibility index (Phi) is 7.97. The second-order valence-corrected chi connectivity index (χ2v) is 15.7. The number of nitrogens with zero attached hydrogens (tertiary/aromatic N) is 3. The second kappa shape index (κ2) is 13.2. The summed E-state index contributed by atoms with van der Waals surface area (Å²) < 4.78 is 3.50. The number of hydrogen-bond donors (Lipinski definition) is 0. The Bertz CT molecular complexity index is 2790. The third-order valence-electron chi connectivity index (χ3n) is 11.2. The van der Waals surface area contributed by atoms with Gasteiger partial charge in [0.15, 0.2) is 0 Å². The van der Waals surface area contributed by atoms with Crippen LogP contribution in [0, 0.1) is 0 Å². The highest BCUT2D eigenvalue weighted by molar-refractivity contribution is 9.10. The van der Waals surface area contributed by atoms with Crippen LogP contribution >= 0.6 is 15.9 Å². The third-order valence-corrected chi connectivity index (χ3v) is 11.7. The van der Waals surface area contributed by atoms with Crippen molar-refractivity contribution in [3.63, 3.8) is 0 Å². The first-order valence-electron chi connectivity index (χ1n) is 18.8. The topological polar surface area (TPSA) is 11.4 Å². The Morgan fingerprint density at radius 3 is 1.45 bits per heavy atom. The average molecular weight is 773 g/mol. The molecule has 0 unspecified atom stereocenters. The van der Waals surface area contributed by atoms with Gasteiger partial charge in [0.1, 0.15) is 0 Å². The Morgan fingerprint density at radius 2 is 0.891 bits per heavy atom. The first-order valence-corrected chi connectivity index (χ1v) is 19.6. The van der Waals surface area contributed by atoms with Gasteiger partial charge in [-0.2, -0.15) is 0 Å². The Balaban J connectivity index is 1.11. The molecule has 0 radical (unpaired) electrons. The Hall–Kier alpha value is -6.36. The standard InChI is InChI=1S/C51H38BrN3/c1-51(2)46-34-42(28-29-43(46)44-30-32-48-49(50(44)51)45-33-35(52)23-31-47(45)55(48)39-21-13-6-14-22-39)54(38-19-11-5-12-20-38)41-26-24-40(25-27-41)53(36-15-7-3-8-16-36)37-17-9-4-10-18-37/h3-34H,1-2H3. The maximum absolute atomic E-state index is 3.81. The van der Waals surface area contributed by atoms with Crippen LogP contribution in [-0.2, 0) is 5.41 Å². The predicted octanol–water partition coefficient (Wildman–Crippen LogP) is 14.8. The van der Waals surface area contributed by atoms with Crippen LogP contribution in [0.15, 0.2) is 199 Å². The minimum Gasteiger partial charge on any atom is -0.311 e. The van der Waals surface area contributed by atoms with E-state index in [2.05, 4.69) is 238 Å². The molecular weight excluding hydrogens is 734 g/mol. The Morgan fingerprint density at radius 1 is 0.436 bits per heavy atom. The van der Waals surface area contributed by atoms with E-state index in [1.807, 2.05) is 0 Å². The van der Waals surface area contributed by atoms with Gasteiger partial charge in [0.05, 0.1) is 11.0 Å². The molecule has 264 valence electrons. The molecule has 0 spiro atoms. The number of fused-ring (bicyclic) bond motifs is 7. The first kappa shape index (κ1) is 33.2. The molecule has 0 N–H and O–H groups in total. The van der Waals surface area contributed by atoms with Crippen molar-refractivity contribution < 1.29 is 0 Å². The molecular formula is C51H38BrN3. The minimum absolute atomic E-state index is 0.254. The lowest BCUT2D eigenvalue weighted by Gasteiger charge is -2.29. The highest BCUT2D eigenvalue weighted by Crippen LogP contribution is 2.55. The fourth-order valence-electron chi connectivity index (χ4n) is 8.75. The molecule has 0 saturated carbocycles. The summed E-state index contributed by atoms with van der Waals surface area (Å²) in [6.07, 6.45) is 0. The summed E-state index contributed by atoms with van der Waals surface area (Å²) in [7, 11) is 0. The highest BCUT2D eigenvalue weighted by Gasteiger charge is 2.39. The van der Waals surface area contributed by atoms with Gasteiger partial charge < -0.3 is 14.4 Å². The summed E-state index contributed by atoms with van der Waals surface area (Å²) in [5, 5.41) is 2.58. The molecule has 0 aliphatic heterocycles. The van der Waals surface area contributed by atoms with Gasteiger partial charge in [0.25, 0.3) is 0 Å². The molecule has 1 aliphatic carbocycles. The van der Waals surface area contributed by atoms with Crippen LogP contribution in [-0.4, -0.2) is 4.57 Å². The molecule has 3 nitrogen and oxygen atoms in total. The van der Waals surface area contributed by atoms with Gasteiger partial charge in [-0.1, -0.05) is 115 Å². The summed E-state index contributed by atoms with van der Waals surface area (Å²) in [5.74, 6) is 0. The van der Waals surface area contributed by atoms with E-state index in [1.165, 1.54) is 49.7 Å². The fourth-order valence-corrected chi connectivity index (χ4v) is 9.11. The lowest BCUT2D eigenvalue weighted by atomic mass is 9.80. The number of anilines is 6. The second-order valence-electron chi connectivity index (χ2n) is 14.8. The largest absolute Gasteiger partial charge is 0.311 e. The van der Waals surface area contributed by atoms with E-state index in [0.717, 1.165) is 38.6 Å². The molecule has 9 aromatic rings. The predicted molar refractivity (Wildman–Crippen MR) is 235 cm³/mol. The third kappa shape index (κ3) is 5.47. The number of benzene rings is 8. The summed E-state index contributed by atoms with van der Waals surface area (Å²) in [6.45, 7) is 4.79. The van der Waals surface area contributed by atoms with Crippen LogP contribution in [0.25, 0.3) is 38.6 Å². The van der Waals surface area contributed by atoms with Crippen molar-refractivity contribution in [2.45, 2.75) is 19.3 Å².